The summed E-state index contributed by atoms with van der Waals surface area (Å²) in [5, 5.41) is 44.5. The first-order chi connectivity index (χ1) is 17.8. The monoisotopic (exact) mass is 540 g/mol. The molecule has 1 aromatic carbocycles. The highest BCUT2D eigenvalue weighted by Gasteiger charge is 2.60. The fourth-order valence-electron chi connectivity index (χ4n) is 5.89. The summed E-state index contributed by atoms with van der Waals surface area (Å²) in [5.74, 6) is -8.01. The molecule has 3 aliphatic carbocycles. The van der Waals surface area contributed by atoms with E-state index < -0.39 is 79.8 Å². The Bertz CT molecular complexity index is 1610. The zero-order valence-corrected chi connectivity index (χ0v) is 20.9. The van der Waals surface area contributed by atoms with Crippen LogP contribution in [0.15, 0.2) is 47.4 Å². The van der Waals surface area contributed by atoms with Crippen molar-refractivity contribution in [2.75, 3.05) is 6.26 Å². The van der Waals surface area contributed by atoms with Gasteiger partial charge in [0.1, 0.15) is 22.8 Å². The third-order valence-electron chi connectivity index (χ3n) is 7.50. The number of aromatic hydroxyl groups is 1. The number of Topliss-reactive ketones (excluding diaryl/α,β-unsaturated/α-hetero) is 2. The molecule has 0 saturated heterocycles. The highest BCUT2D eigenvalue weighted by atomic mass is 32.2. The predicted molar refractivity (Wildman–Crippen MR) is 133 cm³/mol. The number of aliphatic hydroxyl groups is 3. The second-order valence-corrected chi connectivity index (χ2v) is 12.1. The number of rotatable bonds is 4. The molecule has 1 heterocycles. The first-order valence-corrected chi connectivity index (χ1v) is 13.8. The van der Waals surface area contributed by atoms with Gasteiger partial charge in [-0.3, -0.25) is 19.4 Å². The number of nitrogens with two attached hydrogens (primary N) is 1. The minimum atomic E-state index is -3.63. The molecule has 1 fully saturated rings. The highest BCUT2D eigenvalue weighted by molar-refractivity contribution is 7.89. The van der Waals surface area contributed by atoms with Crippen LogP contribution in [0.3, 0.4) is 0 Å². The molecular formula is C26H24N2O9S. The fourth-order valence-corrected chi connectivity index (χ4v) is 6.67. The summed E-state index contributed by atoms with van der Waals surface area (Å²) in [6, 6.07) is 6.55. The van der Waals surface area contributed by atoms with E-state index in [9.17, 15) is 43.2 Å². The number of primary amides is 1. The third kappa shape index (κ3) is 3.71. The maximum atomic E-state index is 13.7. The summed E-state index contributed by atoms with van der Waals surface area (Å²) >= 11 is 0. The van der Waals surface area contributed by atoms with E-state index in [1.54, 1.807) is 18.2 Å². The van der Waals surface area contributed by atoms with E-state index in [-0.39, 0.29) is 29.5 Å². The van der Waals surface area contributed by atoms with Crippen LogP contribution in [0, 0.1) is 11.8 Å². The third-order valence-corrected chi connectivity index (χ3v) is 8.34. The number of hydrogen-bond donors (Lipinski definition) is 5. The maximum absolute atomic E-state index is 13.7. The van der Waals surface area contributed by atoms with Gasteiger partial charge < -0.3 is 26.2 Å². The zero-order valence-electron chi connectivity index (χ0n) is 20.1. The van der Waals surface area contributed by atoms with Gasteiger partial charge in [-0.25, -0.2) is 8.42 Å². The summed E-state index contributed by atoms with van der Waals surface area (Å²) in [6.07, 6.45) is 2.14. The molecule has 0 spiro atoms. The molecule has 38 heavy (non-hydrogen) atoms. The van der Waals surface area contributed by atoms with Crippen LogP contribution in [0.25, 0.3) is 17.0 Å². The molecule has 0 bridgehead atoms. The van der Waals surface area contributed by atoms with Crippen molar-refractivity contribution < 1.29 is 43.2 Å². The molecule has 0 radical (unpaired) electrons. The van der Waals surface area contributed by atoms with Gasteiger partial charge in [-0.15, -0.1) is 0 Å². The van der Waals surface area contributed by atoms with E-state index in [0.29, 0.717) is 16.8 Å². The first-order valence-electron chi connectivity index (χ1n) is 11.7. The summed E-state index contributed by atoms with van der Waals surface area (Å²) in [7, 11) is -3.63. The van der Waals surface area contributed by atoms with Gasteiger partial charge in [-0.1, -0.05) is 6.07 Å². The molecule has 11 nitrogen and oxygen atoms in total. The van der Waals surface area contributed by atoms with Crippen molar-refractivity contribution in [2.45, 2.75) is 30.6 Å². The standard InChI is InChI=1S/C26H24N2O9S/c1-38(36,37)10-12-8-14(16-4-2-3-5-28-16)15-7-11-6-13-9-17(29)20(25(27)34)24(33)26(13,35)23(32)18(11)22(31)19(15)21(12)30/h2-5,8,11,13,30-31,33,35H,6-7,9-10H2,1H3,(H2,27,34)/t11-,13+,26+/m1/s1. The molecule has 0 aliphatic heterocycles. The van der Waals surface area contributed by atoms with Crippen molar-refractivity contribution in [1.29, 1.82) is 0 Å². The predicted octanol–water partition coefficient (Wildman–Crippen LogP) is 1.03. The van der Waals surface area contributed by atoms with E-state index in [2.05, 4.69) is 4.98 Å². The molecule has 1 amide bonds. The Kier molecular flexibility index (Phi) is 5.73. The van der Waals surface area contributed by atoms with Gasteiger partial charge in [0.2, 0.25) is 5.78 Å². The maximum Gasteiger partial charge on any atom is 0.255 e. The van der Waals surface area contributed by atoms with E-state index in [4.69, 9.17) is 5.73 Å². The number of nitrogens with zero attached hydrogens (tertiary/aromatic N) is 1. The number of amides is 1. The molecular weight excluding hydrogens is 516 g/mol. The Labute approximate surface area is 216 Å². The zero-order chi connectivity index (χ0) is 27.7. The van der Waals surface area contributed by atoms with Gasteiger partial charge in [0.15, 0.2) is 21.2 Å². The topological polar surface area (TPSA) is 205 Å². The number of pyridine rings is 1. The van der Waals surface area contributed by atoms with E-state index in [1.807, 2.05) is 0 Å². The molecule has 1 aromatic heterocycles. The average Bonchev–Trinajstić information content (AvgIpc) is 2.82. The van der Waals surface area contributed by atoms with Gasteiger partial charge in [0.25, 0.3) is 5.91 Å². The quantitative estimate of drug-likeness (QED) is 0.348. The molecule has 2 aromatic rings. The number of benzene rings is 1. The lowest BCUT2D eigenvalue weighted by Gasteiger charge is -2.46. The number of phenolic OH excluding ortho intramolecular Hbond substituents is 1. The molecule has 198 valence electrons. The van der Waals surface area contributed by atoms with Crippen LogP contribution in [0.4, 0.5) is 0 Å². The van der Waals surface area contributed by atoms with Crippen molar-refractivity contribution in [3.63, 3.8) is 0 Å². The lowest BCUT2D eigenvalue weighted by atomic mass is 9.59. The number of hydrogen-bond acceptors (Lipinski definition) is 10. The number of fused-ring (bicyclic) bond motifs is 3. The van der Waals surface area contributed by atoms with Crippen LogP contribution in [-0.4, -0.2) is 63.2 Å². The number of carbonyl (C=O) groups is 3. The van der Waals surface area contributed by atoms with Crippen LogP contribution in [0.5, 0.6) is 5.75 Å². The Balaban J connectivity index is 1.77. The minimum absolute atomic E-state index is 0.0174. The molecule has 3 aliphatic rings. The van der Waals surface area contributed by atoms with Crippen LogP contribution >= 0.6 is 0 Å². The molecule has 0 unspecified atom stereocenters. The Morgan fingerprint density at radius 2 is 1.89 bits per heavy atom. The van der Waals surface area contributed by atoms with Crippen LogP contribution in [-0.2, 0) is 36.4 Å². The highest BCUT2D eigenvalue weighted by Crippen LogP contribution is 2.53. The number of aromatic nitrogens is 1. The molecule has 3 atom stereocenters. The van der Waals surface area contributed by atoms with Crippen LogP contribution < -0.4 is 5.73 Å². The summed E-state index contributed by atoms with van der Waals surface area (Å²) in [6.45, 7) is 0. The van der Waals surface area contributed by atoms with Crippen LogP contribution in [0.2, 0.25) is 0 Å². The van der Waals surface area contributed by atoms with E-state index in [0.717, 1.165) is 6.26 Å². The van der Waals surface area contributed by atoms with Gasteiger partial charge in [0, 0.05) is 41.5 Å². The number of phenols is 1. The molecule has 12 heteroatoms. The van der Waals surface area contributed by atoms with Gasteiger partial charge in [-0.05, 0) is 42.5 Å². The van der Waals surface area contributed by atoms with Crippen LogP contribution in [0.1, 0.15) is 29.5 Å². The summed E-state index contributed by atoms with van der Waals surface area (Å²) in [5.41, 5.74) is 2.42. The number of ketones is 2. The number of sulfone groups is 1. The molecule has 1 saturated carbocycles. The number of aliphatic hydroxyl groups excluding tert-OH is 2. The Morgan fingerprint density at radius 1 is 1.18 bits per heavy atom. The van der Waals surface area contributed by atoms with Crippen molar-refractivity contribution >= 4 is 33.1 Å². The fraction of sp³-hybridized carbons (Fsp3) is 0.308. The van der Waals surface area contributed by atoms with Crippen molar-refractivity contribution in [3.8, 4) is 17.0 Å². The SMILES string of the molecule is CS(=O)(=O)Cc1cc(-c2ccccn2)c2c(c1O)C(O)=C1C(=O)[C@]3(O)C(O)=C(C(N)=O)C(=O)C[C@@H]3C[C@@H]1C2. The largest absolute Gasteiger partial charge is 0.508 e. The smallest absolute Gasteiger partial charge is 0.255 e. The minimum Gasteiger partial charge on any atom is -0.508 e. The summed E-state index contributed by atoms with van der Waals surface area (Å²) < 4.78 is 24.2. The lowest BCUT2D eigenvalue weighted by molar-refractivity contribution is -0.147. The molecule has 6 N–H and O–H groups in total. The van der Waals surface area contributed by atoms with Gasteiger partial charge in [-0.2, -0.15) is 0 Å². The molecule has 5 rings (SSSR count). The van der Waals surface area contributed by atoms with Crippen molar-refractivity contribution in [2.24, 2.45) is 17.6 Å². The van der Waals surface area contributed by atoms with Crippen molar-refractivity contribution in [3.05, 3.63) is 64.1 Å². The second kappa shape index (κ2) is 8.50. The second-order valence-electron chi connectivity index (χ2n) is 9.98. The number of carbonyl (C=O) groups excluding carboxylic acids is 3. The first kappa shape index (κ1) is 25.6. The average molecular weight is 541 g/mol. The lowest BCUT2D eigenvalue weighted by Crippen LogP contribution is -2.58. The summed E-state index contributed by atoms with van der Waals surface area (Å²) in [4.78, 5) is 42.3. The van der Waals surface area contributed by atoms with E-state index in [1.165, 1.54) is 12.3 Å². The van der Waals surface area contributed by atoms with Gasteiger partial charge in [0.05, 0.1) is 17.0 Å². The van der Waals surface area contributed by atoms with Crippen molar-refractivity contribution in [1.82, 2.24) is 4.98 Å². The van der Waals surface area contributed by atoms with Gasteiger partial charge >= 0.3 is 0 Å². The normalized spacial score (nSPS) is 25.1. The Hall–Kier alpha value is -4.03. The Morgan fingerprint density at radius 3 is 2.50 bits per heavy atom. The van der Waals surface area contributed by atoms with E-state index >= 15 is 0 Å².